The van der Waals surface area contributed by atoms with Gasteiger partial charge in [0, 0.05) is 37.2 Å². The molecule has 0 unspecified atom stereocenters. The molecule has 0 aromatic rings. The maximum Gasteiger partial charge on any atom is 0.0796 e. The van der Waals surface area contributed by atoms with E-state index in [4.69, 9.17) is 0 Å². The first kappa shape index (κ1) is 10.7. The van der Waals surface area contributed by atoms with E-state index in [0.717, 1.165) is 32.5 Å². The van der Waals surface area contributed by atoms with Crippen molar-refractivity contribution >= 4 is 11.8 Å². The number of likely N-dealkylation sites (tertiary alicyclic amines) is 1. The zero-order chi connectivity index (χ0) is 10.0. The number of hydrogen-bond donors (Lipinski definition) is 2. The Morgan fingerprint density at radius 1 is 1.43 bits per heavy atom. The number of aliphatic hydroxyl groups is 1. The Bertz CT molecular complexity index is 189. The number of piperidine rings is 1. The first-order valence-electron chi connectivity index (χ1n) is 5.40. The van der Waals surface area contributed by atoms with Gasteiger partial charge in [0.15, 0.2) is 0 Å². The quantitative estimate of drug-likeness (QED) is 0.704. The highest BCUT2D eigenvalue weighted by molar-refractivity contribution is 8.00. The Labute approximate surface area is 90.2 Å². The van der Waals surface area contributed by atoms with Crippen molar-refractivity contribution in [2.45, 2.75) is 24.5 Å². The minimum atomic E-state index is -0.438. The van der Waals surface area contributed by atoms with E-state index < -0.39 is 5.60 Å². The third kappa shape index (κ3) is 2.63. The highest BCUT2D eigenvalue weighted by atomic mass is 32.2. The van der Waals surface area contributed by atoms with Crippen molar-refractivity contribution in [2.24, 2.45) is 0 Å². The molecule has 2 fully saturated rings. The fraction of sp³-hybridized carbons (Fsp3) is 1.00. The van der Waals surface area contributed by atoms with Crippen molar-refractivity contribution in [3.05, 3.63) is 0 Å². The molecule has 0 aliphatic carbocycles. The summed E-state index contributed by atoms with van der Waals surface area (Å²) in [7, 11) is 2.12. The monoisotopic (exact) mass is 216 g/mol. The summed E-state index contributed by atoms with van der Waals surface area (Å²) in [4.78, 5) is 2.29. The lowest BCUT2D eigenvalue weighted by molar-refractivity contribution is -0.0155. The van der Waals surface area contributed by atoms with Crippen LogP contribution in [-0.2, 0) is 0 Å². The highest BCUT2D eigenvalue weighted by Crippen LogP contribution is 2.22. The lowest BCUT2D eigenvalue weighted by Crippen LogP contribution is -2.53. The van der Waals surface area contributed by atoms with E-state index in [1.165, 1.54) is 11.5 Å². The van der Waals surface area contributed by atoms with E-state index in [0.29, 0.717) is 6.04 Å². The minimum absolute atomic E-state index is 0.438. The first-order chi connectivity index (χ1) is 6.68. The molecule has 0 spiro atoms. The second kappa shape index (κ2) is 4.39. The van der Waals surface area contributed by atoms with Gasteiger partial charge in [0.05, 0.1) is 5.60 Å². The molecule has 2 saturated heterocycles. The van der Waals surface area contributed by atoms with Gasteiger partial charge in [-0.2, -0.15) is 11.8 Å². The average molecular weight is 216 g/mol. The van der Waals surface area contributed by atoms with Crippen LogP contribution in [0.25, 0.3) is 0 Å². The van der Waals surface area contributed by atoms with Crippen LogP contribution in [0.5, 0.6) is 0 Å². The molecular weight excluding hydrogens is 196 g/mol. The molecule has 14 heavy (non-hydrogen) atoms. The van der Waals surface area contributed by atoms with Gasteiger partial charge in [0.25, 0.3) is 0 Å². The lowest BCUT2D eigenvalue weighted by atomic mass is 9.91. The van der Waals surface area contributed by atoms with E-state index in [1.807, 2.05) is 11.8 Å². The molecule has 0 radical (unpaired) electrons. The lowest BCUT2D eigenvalue weighted by Gasteiger charge is -2.38. The average Bonchev–Trinajstić information content (AvgIpc) is 2.08. The second-order valence-electron chi connectivity index (χ2n) is 4.64. The second-order valence-corrected chi connectivity index (χ2v) is 5.72. The zero-order valence-electron chi connectivity index (χ0n) is 8.83. The van der Waals surface area contributed by atoms with Crippen LogP contribution in [0.3, 0.4) is 0 Å². The van der Waals surface area contributed by atoms with Crippen molar-refractivity contribution in [1.29, 1.82) is 0 Å². The molecule has 4 heteroatoms. The largest absolute Gasteiger partial charge is 0.388 e. The summed E-state index contributed by atoms with van der Waals surface area (Å²) in [6.07, 6.45) is 1.83. The number of hydrogen-bond acceptors (Lipinski definition) is 4. The Kier molecular flexibility index (Phi) is 3.37. The molecule has 0 saturated carbocycles. The van der Waals surface area contributed by atoms with Gasteiger partial charge in [0.2, 0.25) is 0 Å². The minimum Gasteiger partial charge on any atom is -0.388 e. The van der Waals surface area contributed by atoms with E-state index in [9.17, 15) is 5.11 Å². The Hall–Kier alpha value is 0.230. The van der Waals surface area contributed by atoms with Crippen LogP contribution in [0.4, 0.5) is 0 Å². The van der Waals surface area contributed by atoms with Crippen molar-refractivity contribution in [3.63, 3.8) is 0 Å². The summed E-state index contributed by atoms with van der Waals surface area (Å²) >= 11 is 1.98. The summed E-state index contributed by atoms with van der Waals surface area (Å²) < 4.78 is 0. The topological polar surface area (TPSA) is 35.5 Å². The van der Waals surface area contributed by atoms with Gasteiger partial charge >= 0.3 is 0 Å². The number of nitrogens with zero attached hydrogens (tertiary/aromatic N) is 1. The van der Waals surface area contributed by atoms with Crippen LogP contribution >= 0.6 is 11.8 Å². The van der Waals surface area contributed by atoms with Gasteiger partial charge < -0.3 is 15.3 Å². The number of nitrogens with one attached hydrogen (secondary N) is 1. The van der Waals surface area contributed by atoms with Gasteiger partial charge in [0.1, 0.15) is 0 Å². The molecule has 2 aliphatic rings. The van der Waals surface area contributed by atoms with Crippen LogP contribution in [0, 0.1) is 0 Å². The summed E-state index contributed by atoms with van der Waals surface area (Å²) in [5.74, 6) is 2.44. The van der Waals surface area contributed by atoms with Gasteiger partial charge in [-0.3, -0.25) is 0 Å². The van der Waals surface area contributed by atoms with Crippen molar-refractivity contribution < 1.29 is 5.11 Å². The third-order valence-electron chi connectivity index (χ3n) is 3.28. The fourth-order valence-corrected chi connectivity index (χ4v) is 2.61. The van der Waals surface area contributed by atoms with E-state index in [2.05, 4.69) is 17.3 Å². The molecule has 2 heterocycles. The van der Waals surface area contributed by atoms with Gasteiger partial charge in [-0.1, -0.05) is 0 Å². The normalized spacial score (nSPS) is 28.7. The SMILES string of the molecule is CN1CCC(O)(CNC2CSC2)CC1. The van der Waals surface area contributed by atoms with Crippen LogP contribution in [0.2, 0.25) is 0 Å². The van der Waals surface area contributed by atoms with Gasteiger partial charge in [-0.15, -0.1) is 0 Å². The Morgan fingerprint density at radius 3 is 2.57 bits per heavy atom. The first-order valence-corrected chi connectivity index (χ1v) is 6.55. The molecule has 2 N–H and O–H groups in total. The predicted molar refractivity (Wildman–Crippen MR) is 60.8 cm³/mol. The molecule has 2 rings (SSSR count). The summed E-state index contributed by atoms with van der Waals surface area (Å²) in [5, 5.41) is 13.7. The molecule has 2 aliphatic heterocycles. The Balaban J connectivity index is 1.71. The molecule has 0 atom stereocenters. The van der Waals surface area contributed by atoms with Crippen LogP contribution in [0.15, 0.2) is 0 Å². The molecule has 0 amide bonds. The summed E-state index contributed by atoms with van der Waals surface area (Å²) in [5.41, 5.74) is -0.438. The summed E-state index contributed by atoms with van der Waals surface area (Å²) in [6.45, 7) is 2.83. The summed E-state index contributed by atoms with van der Waals surface area (Å²) in [6, 6.07) is 0.656. The third-order valence-corrected chi connectivity index (χ3v) is 4.55. The van der Waals surface area contributed by atoms with E-state index in [1.54, 1.807) is 0 Å². The van der Waals surface area contributed by atoms with Crippen LogP contribution < -0.4 is 5.32 Å². The van der Waals surface area contributed by atoms with Crippen molar-refractivity contribution in [3.8, 4) is 0 Å². The van der Waals surface area contributed by atoms with Crippen LogP contribution in [0.1, 0.15) is 12.8 Å². The van der Waals surface area contributed by atoms with E-state index >= 15 is 0 Å². The van der Waals surface area contributed by atoms with Crippen LogP contribution in [-0.4, -0.2) is 59.8 Å². The van der Waals surface area contributed by atoms with E-state index in [-0.39, 0.29) is 0 Å². The molecule has 0 aromatic carbocycles. The number of thioether (sulfide) groups is 1. The molecule has 82 valence electrons. The smallest absolute Gasteiger partial charge is 0.0796 e. The highest BCUT2D eigenvalue weighted by Gasteiger charge is 2.32. The number of rotatable bonds is 3. The van der Waals surface area contributed by atoms with Crippen molar-refractivity contribution in [1.82, 2.24) is 10.2 Å². The predicted octanol–water partition coefficient (Wildman–Crippen LogP) is 0.148. The molecule has 0 aromatic heterocycles. The molecule has 3 nitrogen and oxygen atoms in total. The molecule has 0 bridgehead atoms. The zero-order valence-corrected chi connectivity index (χ0v) is 9.65. The maximum atomic E-state index is 10.3. The van der Waals surface area contributed by atoms with Gasteiger partial charge in [-0.25, -0.2) is 0 Å². The Morgan fingerprint density at radius 2 is 2.07 bits per heavy atom. The van der Waals surface area contributed by atoms with Crippen molar-refractivity contribution in [2.75, 3.05) is 38.2 Å². The standard InChI is InChI=1S/C10H20N2OS/c1-12-4-2-10(13,3-5-12)8-11-9-6-14-7-9/h9,11,13H,2-8H2,1H3. The maximum absolute atomic E-state index is 10.3. The fourth-order valence-electron chi connectivity index (χ4n) is 1.90. The van der Waals surface area contributed by atoms with Gasteiger partial charge in [-0.05, 0) is 19.9 Å². The molecular formula is C10H20N2OS.